The molecular formula is C23H33N3O2. The Bertz CT molecular complexity index is 739. The van der Waals surface area contributed by atoms with Crippen molar-refractivity contribution in [1.29, 1.82) is 0 Å². The van der Waals surface area contributed by atoms with Gasteiger partial charge in [0.25, 0.3) is 0 Å². The summed E-state index contributed by atoms with van der Waals surface area (Å²) in [6.07, 6.45) is 3.24. The third-order valence-electron chi connectivity index (χ3n) is 6.00. The van der Waals surface area contributed by atoms with Crippen LogP contribution in [0.15, 0.2) is 34.9 Å². The quantitative estimate of drug-likeness (QED) is 0.781. The molecule has 0 saturated carbocycles. The van der Waals surface area contributed by atoms with Crippen LogP contribution in [0.2, 0.25) is 0 Å². The average Bonchev–Trinajstić information content (AvgIpc) is 3.12. The van der Waals surface area contributed by atoms with Gasteiger partial charge in [-0.2, -0.15) is 0 Å². The van der Waals surface area contributed by atoms with E-state index >= 15 is 0 Å². The second-order valence-electron chi connectivity index (χ2n) is 8.74. The Hall–Kier alpha value is -1.69. The van der Waals surface area contributed by atoms with Crippen molar-refractivity contribution in [3.05, 3.63) is 41.7 Å². The van der Waals surface area contributed by atoms with Crippen LogP contribution in [0.25, 0.3) is 11.3 Å². The fourth-order valence-electron chi connectivity index (χ4n) is 4.59. The lowest BCUT2D eigenvalue weighted by molar-refractivity contribution is -0.0732. The summed E-state index contributed by atoms with van der Waals surface area (Å²) in [5.41, 5.74) is 3.31. The van der Waals surface area contributed by atoms with Gasteiger partial charge in [0.1, 0.15) is 5.69 Å². The zero-order valence-electron chi connectivity index (χ0n) is 17.4. The van der Waals surface area contributed by atoms with E-state index < -0.39 is 0 Å². The van der Waals surface area contributed by atoms with E-state index in [0.29, 0.717) is 12.2 Å². The van der Waals surface area contributed by atoms with E-state index in [0.717, 1.165) is 55.7 Å². The van der Waals surface area contributed by atoms with Crippen molar-refractivity contribution in [2.24, 2.45) is 5.92 Å². The molecule has 0 radical (unpaired) electrons. The molecule has 0 amide bonds. The summed E-state index contributed by atoms with van der Waals surface area (Å²) >= 11 is 0. The van der Waals surface area contributed by atoms with Crippen LogP contribution in [0.1, 0.15) is 38.0 Å². The van der Waals surface area contributed by atoms with Gasteiger partial charge in [-0.1, -0.05) is 35.0 Å². The largest absolute Gasteiger partial charge is 0.373 e. The van der Waals surface area contributed by atoms with Crippen molar-refractivity contribution in [1.82, 2.24) is 15.0 Å². The minimum atomic E-state index is 0.359. The van der Waals surface area contributed by atoms with Gasteiger partial charge in [-0.3, -0.25) is 9.80 Å². The number of aromatic nitrogens is 1. The summed E-state index contributed by atoms with van der Waals surface area (Å²) in [7, 11) is 0. The van der Waals surface area contributed by atoms with Crippen molar-refractivity contribution < 1.29 is 9.26 Å². The molecule has 5 heteroatoms. The maximum atomic E-state index is 5.86. The molecule has 3 heterocycles. The highest BCUT2D eigenvalue weighted by Gasteiger charge is 2.27. The molecule has 2 aliphatic heterocycles. The summed E-state index contributed by atoms with van der Waals surface area (Å²) in [5, 5.41) is 4.27. The Labute approximate surface area is 168 Å². The number of likely N-dealkylation sites (tertiary alicyclic amines) is 1. The first-order valence-electron chi connectivity index (χ1n) is 10.7. The van der Waals surface area contributed by atoms with Gasteiger partial charge in [-0.15, -0.1) is 0 Å². The van der Waals surface area contributed by atoms with Crippen LogP contribution >= 0.6 is 0 Å². The number of piperidine rings is 1. The first kappa shape index (κ1) is 19.6. The van der Waals surface area contributed by atoms with Crippen LogP contribution < -0.4 is 0 Å². The van der Waals surface area contributed by atoms with Crippen molar-refractivity contribution in [3.8, 4) is 11.3 Å². The molecule has 152 valence electrons. The van der Waals surface area contributed by atoms with Crippen molar-refractivity contribution in [2.45, 2.75) is 52.4 Å². The highest BCUT2D eigenvalue weighted by atomic mass is 16.5. The van der Waals surface area contributed by atoms with E-state index in [2.05, 4.69) is 66.1 Å². The van der Waals surface area contributed by atoms with Crippen LogP contribution in [0.4, 0.5) is 0 Å². The van der Waals surface area contributed by atoms with Crippen LogP contribution in [0, 0.1) is 12.8 Å². The molecule has 2 saturated heterocycles. The lowest BCUT2D eigenvalue weighted by atomic mass is 9.95. The Morgan fingerprint density at radius 2 is 1.68 bits per heavy atom. The normalized spacial score (nSPS) is 25.2. The van der Waals surface area contributed by atoms with Gasteiger partial charge in [-0.05, 0) is 52.6 Å². The Morgan fingerprint density at radius 1 is 1.00 bits per heavy atom. The molecule has 2 unspecified atom stereocenters. The van der Waals surface area contributed by atoms with Gasteiger partial charge >= 0.3 is 0 Å². The van der Waals surface area contributed by atoms with Gasteiger partial charge in [-0.25, -0.2) is 0 Å². The number of morpholine rings is 1. The third kappa shape index (κ3) is 5.02. The fourth-order valence-corrected chi connectivity index (χ4v) is 4.59. The Kier molecular flexibility index (Phi) is 6.14. The summed E-state index contributed by atoms with van der Waals surface area (Å²) in [6, 6.07) is 10.5. The van der Waals surface area contributed by atoms with Crippen LogP contribution in [-0.2, 0) is 11.3 Å². The number of hydrogen-bond acceptors (Lipinski definition) is 5. The SMILES string of the molecule is Cc1ccc(-c2cc(CN3CCC(CN4CC(C)OC(C)C4)CC3)on2)cc1. The van der Waals surface area contributed by atoms with E-state index in [1.807, 2.05) is 0 Å². The van der Waals surface area contributed by atoms with Crippen molar-refractivity contribution in [2.75, 3.05) is 32.7 Å². The zero-order chi connectivity index (χ0) is 19.5. The monoisotopic (exact) mass is 383 g/mol. The molecule has 2 aromatic rings. The van der Waals surface area contributed by atoms with Crippen LogP contribution in [0.3, 0.4) is 0 Å². The minimum Gasteiger partial charge on any atom is -0.373 e. The number of rotatable bonds is 5. The predicted octanol–water partition coefficient (Wildman–Crippen LogP) is 3.97. The molecule has 2 aliphatic rings. The van der Waals surface area contributed by atoms with Gasteiger partial charge in [0.2, 0.25) is 0 Å². The van der Waals surface area contributed by atoms with E-state index in [1.165, 1.54) is 24.9 Å². The standard InChI is InChI=1S/C23H33N3O2/c1-17-4-6-21(7-5-17)23-12-22(28-24-23)16-25-10-8-20(9-11-25)15-26-13-18(2)27-19(3)14-26/h4-7,12,18-20H,8-11,13-16H2,1-3H3. The molecule has 0 N–H and O–H groups in total. The number of nitrogens with zero attached hydrogens (tertiary/aromatic N) is 3. The topological polar surface area (TPSA) is 41.7 Å². The lowest BCUT2D eigenvalue weighted by Gasteiger charge is -2.39. The molecule has 4 rings (SSSR count). The number of benzene rings is 1. The zero-order valence-corrected chi connectivity index (χ0v) is 17.4. The first-order chi connectivity index (χ1) is 13.5. The molecule has 2 fully saturated rings. The minimum absolute atomic E-state index is 0.359. The predicted molar refractivity (Wildman–Crippen MR) is 111 cm³/mol. The summed E-state index contributed by atoms with van der Waals surface area (Å²) in [5.74, 6) is 1.76. The summed E-state index contributed by atoms with van der Waals surface area (Å²) < 4.78 is 11.5. The molecule has 28 heavy (non-hydrogen) atoms. The van der Waals surface area contributed by atoms with E-state index in [-0.39, 0.29) is 0 Å². The summed E-state index contributed by atoms with van der Waals surface area (Å²) in [6.45, 7) is 13.0. The maximum Gasteiger partial charge on any atom is 0.151 e. The third-order valence-corrected chi connectivity index (χ3v) is 6.00. The highest BCUT2D eigenvalue weighted by molar-refractivity contribution is 5.59. The second kappa shape index (κ2) is 8.76. The van der Waals surface area contributed by atoms with E-state index in [1.54, 1.807) is 0 Å². The van der Waals surface area contributed by atoms with Gasteiger partial charge in [0.15, 0.2) is 5.76 Å². The molecule has 1 aromatic heterocycles. The van der Waals surface area contributed by atoms with Gasteiger partial charge in [0.05, 0.1) is 18.8 Å². The molecule has 0 aliphatic carbocycles. The van der Waals surface area contributed by atoms with Crippen LogP contribution in [0.5, 0.6) is 0 Å². The highest BCUT2D eigenvalue weighted by Crippen LogP contribution is 2.24. The molecule has 1 aromatic carbocycles. The molecular weight excluding hydrogens is 350 g/mol. The summed E-state index contributed by atoms with van der Waals surface area (Å²) in [4.78, 5) is 5.10. The smallest absolute Gasteiger partial charge is 0.151 e. The lowest BCUT2D eigenvalue weighted by Crippen LogP contribution is -2.48. The number of ether oxygens (including phenoxy) is 1. The maximum absolute atomic E-state index is 5.86. The molecule has 2 atom stereocenters. The van der Waals surface area contributed by atoms with Crippen molar-refractivity contribution >= 4 is 0 Å². The first-order valence-corrected chi connectivity index (χ1v) is 10.7. The number of hydrogen-bond donors (Lipinski definition) is 0. The van der Waals surface area contributed by atoms with Gasteiger partial charge in [0, 0.05) is 31.3 Å². The number of aryl methyl sites for hydroxylation is 1. The van der Waals surface area contributed by atoms with E-state index in [9.17, 15) is 0 Å². The molecule has 5 nitrogen and oxygen atoms in total. The van der Waals surface area contributed by atoms with Gasteiger partial charge < -0.3 is 9.26 Å². The Morgan fingerprint density at radius 3 is 2.36 bits per heavy atom. The second-order valence-corrected chi connectivity index (χ2v) is 8.74. The van der Waals surface area contributed by atoms with E-state index in [4.69, 9.17) is 9.26 Å². The average molecular weight is 384 g/mol. The molecule has 0 spiro atoms. The Balaban J connectivity index is 1.25. The fraction of sp³-hybridized carbons (Fsp3) is 0.609. The molecule has 0 bridgehead atoms. The van der Waals surface area contributed by atoms with Crippen LogP contribution in [-0.4, -0.2) is 59.9 Å². The van der Waals surface area contributed by atoms with Crippen molar-refractivity contribution in [3.63, 3.8) is 0 Å².